The molecule has 1 aliphatic rings. The molecule has 2 nitrogen and oxygen atoms in total. The quantitative estimate of drug-likeness (QED) is 0.902. The zero-order valence-corrected chi connectivity index (χ0v) is 10.8. The molecule has 0 heterocycles. The zero-order valence-electron chi connectivity index (χ0n) is 9.99. The highest BCUT2D eigenvalue weighted by molar-refractivity contribution is 5.85. The van der Waals surface area contributed by atoms with Crippen molar-refractivity contribution in [1.29, 1.82) is 0 Å². The molecule has 1 aromatic carbocycles. The summed E-state index contributed by atoms with van der Waals surface area (Å²) in [6.07, 6.45) is 4.67. The molecular formula is C13H19ClFNO. The van der Waals surface area contributed by atoms with Crippen LogP contribution in [-0.4, -0.2) is 7.11 Å². The first-order valence-corrected chi connectivity index (χ1v) is 5.81. The molecule has 17 heavy (non-hydrogen) atoms. The highest BCUT2D eigenvalue weighted by atomic mass is 35.5. The fourth-order valence-electron chi connectivity index (χ4n) is 2.48. The molecule has 0 amide bonds. The Bertz CT molecular complexity index is 366. The Morgan fingerprint density at radius 2 is 2.00 bits per heavy atom. The summed E-state index contributed by atoms with van der Waals surface area (Å²) in [5.41, 5.74) is 6.73. The van der Waals surface area contributed by atoms with Gasteiger partial charge < -0.3 is 10.5 Å². The highest BCUT2D eigenvalue weighted by Gasteiger charge is 2.25. The molecule has 0 spiro atoms. The van der Waals surface area contributed by atoms with Crippen molar-refractivity contribution in [3.63, 3.8) is 0 Å². The van der Waals surface area contributed by atoms with Crippen molar-refractivity contribution in [2.24, 2.45) is 11.7 Å². The Kier molecular flexibility index (Phi) is 5.22. The Morgan fingerprint density at radius 3 is 2.53 bits per heavy atom. The maximum atomic E-state index is 13.8. The average Bonchev–Trinajstić information content (AvgIpc) is 2.81. The van der Waals surface area contributed by atoms with Crippen LogP contribution in [0.2, 0.25) is 0 Å². The molecule has 1 aliphatic carbocycles. The smallest absolute Gasteiger partial charge is 0.131 e. The number of benzene rings is 1. The Balaban J connectivity index is 0.00000144. The lowest BCUT2D eigenvalue weighted by Crippen LogP contribution is -2.20. The van der Waals surface area contributed by atoms with Crippen molar-refractivity contribution in [3.05, 3.63) is 29.6 Å². The van der Waals surface area contributed by atoms with E-state index in [9.17, 15) is 4.39 Å². The largest absolute Gasteiger partial charge is 0.497 e. The highest BCUT2D eigenvalue weighted by Crippen LogP contribution is 2.35. The molecule has 0 unspecified atom stereocenters. The van der Waals surface area contributed by atoms with Crippen LogP contribution in [0.25, 0.3) is 0 Å². The van der Waals surface area contributed by atoms with E-state index in [0.717, 1.165) is 12.8 Å². The fraction of sp³-hybridized carbons (Fsp3) is 0.538. The summed E-state index contributed by atoms with van der Waals surface area (Å²) in [6, 6.07) is 4.75. The standard InChI is InChI=1S/C13H18FNO.ClH/c1-16-10-6-7-11(12(14)8-10)13(15)9-4-2-3-5-9;/h6-9,13H,2-5,15H2,1H3;1H/t13-;/m1./s1. The predicted octanol–water partition coefficient (Wildman–Crippen LogP) is 3.45. The number of hydrogen-bond acceptors (Lipinski definition) is 2. The molecular weight excluding hydrogens is 241 g/mol. The van der Waals surface area contributed by atoms with Crippen molar-refractivity contribution < 1.29 is 9.13 Å². The van der Waals surface area contributed by atoms with Crippen LogP contribution in [0.4, 0.5) is 4.39 Å². The molecule has 1 aromatic rings. The topological polar surface area (TPSA) is 35.2 Å². The van der Waals surface area contributed by atoms with E-state index >= 15 is 0 Å². The summed E-state index contributed by atoms with van der Waals surface area (Å²) in [4.78, 5) is 0. The van der Waals surface area contributed by atoms with Crippen LogP contribution >= 0.6 is 12.4 Å². The third-order valence-corrected chi connectivity index (χ3v) is 3.47. The van der Waals surface area contributed by atoms with E-state index in [2.05, 4.69) is 0 Å². The molecule has 0 aliphatic heterocycles. The van der Waals surface area contributed by atoms with Crippen LogP contribution in [-0.2, 0) is 0 Å². The van der Waals surface area contributed by atoms with E-state index in [1.165, 1.54) is 26.0 Å². The summed E-state index contributed by atoms with van der Waals surface area (Å²) in [5, 5.41) is 0. The van der Waals surface area contributed by atoms with Gasteiger partial charge in [0.1, 0.15) is 11.6 Å². The molecule has 0 bridgehead atoms. The number of halogens is 2. The van der Waals surface area contributed by atoms with Gasteiger partial charge >= 0.3 is 0 Å². The number of nitrogens with two attached hydrogens (primary N) is 1. The van der Waals surface area contributed by atoms with Crippen LogP contribution in [0.15, 0.2) is 18.2 Å². The SMILES string of the molecule is COc1ccc([C@H](N)C2CCCC2)c(F)c1.Cl. The Labute approximate surface area is 108 Å². The lowest BCUT2D eigenvalue weighted by Gasteiger charge is -2.20. The van der Waals surface area contributed by atoms with Gasteiger partial charge in [0.05, 0.1) is 7.11 Å². The molecule has 4 heteroatoms. The molecule has 1 atom stereocenters. The lowest BCUT2D eigenvalue weighted by molar-refractivity contribution is 0.404. The molecule has 0 saturated heterocycles. The third kappa shape index (κ3) is 3.11. The second-order valence-corrected chi connectivity index (χ2v) is 4.46. The number of methoxy groups -OCH3 is 1. The van der Waals surface area contributed by atoms with Crippen LogP contribution < -0.4 is 10.5 Å². The molecule has 96 valence electrons. The van der Waals surface area contributed by atoms with Crippen LogP contribution in [0.3, 0.4) is 0 Å². The van der Waals surface area contributed by atoms with E-state index in [4.69, 9.17) is 10.5 Å². The van der Waals surface area contributed by atoms with Gasteiger partial charge in [-0.15, -0.1) is 12.4 Å². The van der Waals surface area contributed by atoms with Crippen molar-refractivity contribution in [2.75, 3.05) is 7.11 Å². The maximum Gasteiger partial charge on any atom is 0.131 e. The second kappa shape index (κ2) is 6.22. The van der Waals surface area contributed by atoms with E-state index in [1.807, 2.05) is 0 Å². The summed E-state index contributed by atoms with van der Waals surface area (Å²) in [7, 11) is 1.53. The van der Waals surface area contributed by atoms with E-state index < -0.39 is 0 Å². The summed E-state index contributed by atoms with van der Waals surface area (Å²) < 4.78 is 18.8. The summed E-state index contributed by atoms with van der Waals surface area (Å²) in [5.74, 6) is 0.724. The Morgan fingerprint density at radius 1 is 1.35 bits per heavy atom. The molecule has 2 rings (SSSR count). The first kappa shape index (κ1) is 14.3. The minimum atomic E-state index is -0.251. The number of hydrogen-bond donors (Lipinski definition) is 1. The molecule has 0 radical (unpaired) electrons. The minimum Gasteiger partial charge on any atom is -0.497 e. The van der Waals surface area contributed by atoms with Crippen LogP contribution in [0.1, 0.15) is 37.3 Å². The average molecular weight is 260 g/mol. The molecule has 1 saturated carbocycles. The zero-order chi connectivity index (χ0) is 11.5. The van der Waals surface area contributed by atoms with Gasteiger partial charge in [-0.2, -0.15) is 0 Å². The first-order chi connectivity index (χ1) is 7.72. The van der Waals surface area contributed by atoms with E-state index in [-0.39, 0.29) is 24.3 Å². The van der Waals surface area contributed by atoms with E-state index in [1.54, 1.807) is 12.1 Å². The van der Waals surface area contributed by atoms with Gasteiger partial charge in [0, 0.05) is 17.7 Å². The first-order valence-electron chi connectivity index (χ1n) is 5.81. The van der Waals surface area contributed by atoms with Gasteiger partial charge in [-0.3, -0.25) is 0 Å². The van der Waals surface area contributed by atoms with Gasteiger partial charge in [-0.1, -0.05) is 18.9 Å². The monoisotopic (exact) mass is 259 g/mol. The number of ether oxygens (including phenoxy) is 1. The second-order valence-electron chi connectivity index (χ2n) is 4.46. The van der Waals surface area contributed by atoms with Crippen molar-refractivity contribution >= 4 is 12.4 Å². The summed E-state index contributed by atoms with van der Waals surface area (Å²) in [6.45, 7) is 0. The number of rotatable bonds is 3. The molecule has 2 N–H and O–H groups in total. The molecule has 1 fully saturated rings. The van der Waals surface area contributed by atoms with Crippen LogP contribution in [0.5, 0.6) is 5.75 Å². The lowest BCUT2D eigenvalue weighted by atomic mass is 9.92. The Hall–Kier alpha value is -0.800. The van der Waals surface area contributed by atoms with Gasteiger partial charge in [0.25, 0.3) is 0 Å². The van der Waals surface area contributed by atoms with Crippen molar-refractivity contribution in [2.45, 2.75) is 31.7 Å². The van der Waals surface area contributed by atoms with Gasteiger partial charge in [-0.25, -0.2) is 4.39 Å². The van der Waals surface area contributed by atoms with Gasteiger partial charge in [-0.05, 0) is 24.8 Å². The van der Waals surface area contributed by atoms with Gasteiger partial charge in [0.2, 0.25) is 0 Å². The molecule has 0 aromatic heterocycles. The van der Waals surface area contributed by atoms with Crippen molar-refractivity contribution in [1.82, 2.24) is 0 Å². The van der Waals surface area contributed by atoms with Crippen LogP contribution in [0, 0.1) is 11.7 Å². The fourth-order valence-corrected chi connectivity index (χ4v) is 2.48. The summed E-state index contributed by atoms with van der Waals surface area (Å²) >= 11 is 0. The third-order valence-electron chi connectivity index (χ3n) is 3.47. The van der Waals surface area contributed by atoms with E-state index in [0.29, 0.717) is 17.2 Å². The van der Waals surface area contributed by atoms with Crippen molar-refractivity contribution in [3.8, 4) is 5.75 Å². The predicted molar refractivity (Wildman–Crippen MR) is 69.1 cm³/mol. The normalized spacial score (nSPS) is 17.6. The maximum absolute atomic E-state index is 13.8. The minimum absolute atomic E-state index is 0. The van der Waals surface area contributed by atoms with Gasteiger partial charge in [0.15, 0.2) is 0 Å².